The Morgan fingerprint density at radius 3 is 2.64 bits per heavy atom. The lowest BCUT2D eigenvalue weighted by Gasteiger charge is -2.30. The van der Waals surface area contributed by atoms with E-state index in [9.17, 15) is 9.90 Å². The van der Waals surface area contributed by atoms with Crippen LogP contribution in [0.5, 0.6) is 0 Å². The number of β-amino-alcohol motifs (C(OH)–C–C–N with tert-alkyl or cyclic N) is 1. The number of nitrogens with zero attached hydrogens (tertiary/aromatic N) is 2. The number of hydrogen-bond donors (Lipinski definition) is 2. The SMILES string of the molecule is CCc1ccc(CN(CC)C(=O)NCCCN2CCC[C@@H](O)C2)cc1. The summed E-state index contributed by atoms with van der Waals surface area (Å²) in [5.41, 5.74) is 2.48. The molecule has 1 aliphatic heterocycles. The molecule has 140 valence electrons. The van der Waals surface area contributed by atoms with Crippen molar-refractivity contribution in [3.63, 3.8) is 0 Å². The van der Waals surface area contributed by atoms with Crippen molar-refractivity contribution < 1.29 is 9.90 Å². The fraction of sp³-hybridized carbons (Fsp3) is 0.650. The Kier molecular flexibility index (Phi) is 8.22. The molecule has 2 N–H and O–H groups in total. The van der Waals surface area contributed by atoms with Gasteiger partial charge in [-0.25, -0.2) is 4.79 Å². The van der Waals surface area contributed by atoms with Gasteiger partial charge in [-0.2, -0.15) is 0 Å². The lowest BCUT2D eigenvalue weighted by molar-refractivity contribution is 0.0702. The smallest absolute Gasteiger partial charge is 0.317 e. The van der Waals surface area contributed by atoms with Gasteiger partial charge in [-0.1, -0.05) is 31.2 Å². The predicted octanol–water partition coefficient (Wildman–Crippen LogP) is 2.63. The van der Waals surface area contributed by atoms with Gasteiger partial charge in [0.15, 0.2) is 0 Å². The zero-order chi connectivity index (χ0) is 18.1. The van der Waals surface area contributed by atoms with Gasteiger partial charge in [0.1, 0.15) is 0 Å². The zero-order valence-corrected chi connectivity index (χ0v) is 15.7. The molecule has 0 aliphatic carbocycles. The average molecular weight is 348 g/mol. The summed E-state index contributed by atoms with van der Waals surface area (Å²) in [4.78, 5) is 16.5. The predicted molar refractivity (Wildman–Crippen MR) is 102 cm³/mol. The number of urea groups is 1. The molecule has 1 heterocycles. The molecule has 0 bridgehead atoms. The summed E-state index contributed by atoms with van der Waals surface area (Å²) in [6, 6.07) is 8.48. The number of carbonyl (C=O) groups is 1. The summed E-state index contributed by atoms with van der Waals surface area (Å²) < 4.78 is 0. The second-order valence-electron chi connectivity index (χ2n) is 6.87. The summed E-state index contributed by atoms with van der Waals surface area (Å²) in [6.07, 6.45) is 3.75. The molecule has 0 spiro atoms. The summed E-state index contributed by atoms with van der Waals surface area (Å²) >= 11 is 0. The van der Waals surface area contributed by atoms with Crippen molar-refractivity contribution in [2.45, 2.75) is 52.2 Å². The molecule has 1 atom stereocenters. The van der Waals surface area contributed by atoms with Crippen molar-refractivity contribution in [2.24, 2.45) is 0 Å². The van der Waals surface area contributed by atoms with E-state index in [2.05, 4.69) is 41.4 Å². The Balaban J connectivity index is 1.70. The quantitative estimate of drug-likeness (QED) is 0.711. The van der Waals surface area contributed by atoms with E-state index in [0.717, 1.165) is 50.9 Å². The number of likely N-dealkylation sites (tertiary alicyclic amines) is 1. The van der Waals surface area contributed by atoms with Gasteiger partial charge < -0.3 is 20.2 Å². The van der Waals surface area contributed by atoms with E-state index < -0.39 is 0 Å². The lowest BCUT2D eigenvalue weighted by atomic mass is 10.1. The summed E-state index contributed by atoms with van der Waals surface area (Å²) in [6.45, 7) is 8.92. The second kappa shape index (κ2) is 10.4. The maximum atomic E-state index is 12.4. The molecule has 0 unspecified atom stereocenters. The number of nitrogens with one attached hydrogen (secondary N) is 1. The van der Waals surface area contributed by atoms with E-state index in [-0.39, 0.29) is 12.1 Å². The highest BCUT2D eigenvalue weighted by molar-refractivity contribution is 5.74. The standard InChI is InChI=1S/C20H33N3O2/c1-3-17-8-10-18(11-9-17)15-23(4-2)20(25)21-12-6-14-22-13-5-7-19(24)16-22/h8-11,19,24H,3-7,12-16H2,1-2H3,(H,21,25)/t19-/m1/s1. The Hall–Kier alpha value is -1.59. The summed E-state index contributed by atoms with van der Waals surface area (Å²) in [7, 11) is 0. The highest BCUT2D eigenvalue weighted by atomic mass is 16.3. The second-order valence-corrected chi connectivity index (χ2v) is 6.87. The fourth-order valence-corrected chi connectivity index (χ4v) is 3.27. The van der Waals surface area contributed by atoms with Crippen molar-refractivity contribution in [3.8, 4) is 0 Å². The van der Waals surface area contributed by atoms with Crippen LogP contribution < -0.4 is 5.32 Å². The Morgan fingerprint density at radius 1 is 1.28 bits per heavy atom. The minimum Gasteiger partial charge on any atom is -0.392 e. The van der Waals surface area contributed by atoms with Gasteiger partial charge in [0.25, 0.3) is 0 Å². The third kappa shape index (κ3) is 6.67. The minimum absolute atomic E-state index is 0.000692. The molecular weight excluding hydrogens is 314 g/mol. The molecule has 1 aliphatic rings. The highest BCUT2D eigenvalue weighted by Crippen LogP contribution is 2.10. The van der Waals surface area contributed by atoms with Crippen LogP contribution in [0.3, 0.4) is 0 Å². The third-order valence-electron chi connectivity index (χ3n) is 4.88. The largest absolute Gasteiger partial charge is 0.392 e. The van der Waals surface area contributed by atoms with E-state index in [0.29, 0.717) is 19.6 Å². The molecule has 1 fully saturated rings. The van der Waals surface area contributed by atoms with Gasteiger partial charge in [0, 0.05) is 26.2 Å². The van der Waals surface area contributed by atoms with Crippen LogP contribution in [0.15, 0.2) is 24.3 Å². The number of benzene rings is 1. The topological polar surface area (TPSA) is 55.8 Å². The number of hydrogen-bond acceptors (Lipinski definition) is 3. The molecule has 1 aromatic carbocycles. The molecule has 5 heteroatoms. The molecule has 2 amide bonds. The first-order valence-electron chi connectivity index (χ1n) is 9.63. The molecule has 0 saturated carbocycles. The van der Waals surface area contributed by atoms with Gasteiger partial charge in [-0.05, 0) is 56.8 Å². The number of piperidine rings is 1. The van der Waals surface area contributed by atoms with Crippen LogP contribution in [0.1, 0.15) is 44.2 Å². The van der Waals surface area contributed by atoms with E-state index >= 15 is 0 Å². The van der Waals surface area contributed by atoms with E-state index in [1.54, 1.807) is 0 Å². The number of amides is 2. The average Bonchev–Trinajstić information content (AvgIpc) is 2.63. The number of aliphatic hydroxyl groups is 1. The molecule has 2 rings (SSSR count). The monoisotopic (exact) mass is 347 g/mol. The normalized spacial score (nSPS) is 18.1. The first kappa shape index (κ1) is 19.7. The van der Waals surface area contributed by atoms with E-state index in [4.69, 9.17) is 0 Å². The molecule has 0 radical (unpaired) electrons. The Morgan fingerprint density at radius 2 is 2.00 bits per heavy atom. The van der Waals surface area contributed by atoms with Gasteiger partial charge >= 0.3 is 6.03 Å². The number of carbonyl (C=O) groups excluding carboxylic acids is 1. The van der Waals surface area contributed by atoms with Gasteiger partial charge in [0.05, 0.1) is 6.10 Å². The van der Waals surface area contributed by atoms with Crippen LogP contribution in [0.25, 0.3) is 0 Å². The third-order valence-corrected chi connectivity index (χ3v) is 4.88. The zero-order valence-electron chi connectivity index (χ0n) is 15.7. The van der Waals surface area contributed by atoms with Crippen molar-refractivity contribution in [2.75, 3.05) is 32.7 Å². The van der Waals surface area contributed by atoms with Gasteiger partial charge in [-0.15, -0.1) is 0 Å². The van der Waals surface area contributed by atoms with Gasteiger partial charge in [-0.3, -0.25) is 0 Å². The van der Waals surface area contributed by atoms with Crippen molar-refractivity contribution in [1.29, 1.82) is 0 Å². The van der Waals surface area contributed by atoms with Crippen LogP contribution in [0.2, 0.25) is 0 Å². The number of aryl methyl sites for hydroxylation is 1. The Bertz CT molecular complexity index is 518. The first-order valence-corrected chi connectivity index (χ1v) is 9.63. The molecule has 5 nitrogen and oxygen atoms in total. The van der Waals surface area contributed by atoms with Crippen LogP contribution >= 0.6 is 0 Å². The van der Waals surface area contributed by atoms with Crippen molar-refractivity contribution in [3.05, 3.63) is 35.4 Å². The van der Waals surface area contributed by atoms with Crippen LogP contribution in [-0.4, -0.2) is 59.8 Å². The Labute approximate surface area is 152 Å². The van der Waals surface area contributed by atoms with Crippen LogP contribution in [-0.2, 0) is 13.0 Å². The van der Waals surface area contributed by atoms with Crippen LogP contribution in [0, 0.1) is 0 Å². The summed E-state index contributed by atoms with van der Waals surface area (Å²) in [5, 5.41) is 12.7. The van der Waals surface area contributed by atoms with E-state index in [1.807, 2.05) is 11.8 Å². The molecule has 1 aromatic rings. The molecular formula is C20H33N3O2. The number of rotatable bonds is 8. The van der Waals surface area contributed by atoms with Crippen LogP contribution in [0.4, 0.5) is 4.79 Å². The van der Waals surface area contributed by atoms with Gasteiger partial charge in [0.2, 0.25) is 0 Å². The van der Waals surface area contributed by atoms with Crippen molar-refractivity contribution >= 4 is 6.03 Å². The maximum Gasteiger partial charge on any atom is 0.317 e. The lowest BCUT2D eigenvalue weighted by Crippen LogP contribution is -2.42. The maximum absolute atomic E-state index is 12.4. The van der Waals surface area contributed by atoms with E-state index in [1.165, 1.54) is 5.56 Å². The van der Waals surface area contributed by atoms with Crippen molar-refractivity contribution in [1.82, 2.24) is 15.1 Å². The molecule has 0 aromatic heterocycles. The first-order chi connectivity index (χ1) is 12.1. The molecule has 25 heavy (non-hydrogen) atoms. The summed E-state index contributed by atoms with van der Waals surface area (Å²) in [5.74, 6) is 0. The molecule has 1 saturated heterocycles. The fourth-order valence-electron chi connectivity index (χ4n) is 3.27. The minimum atomic E-state index is -0.182. The number of aliphatic hydroxyl groups excluding tert-OH is 1. The highest BCUT2D eigenvalue weighted by Gasteiger charge is 2.17.